The summed E-state index contributed by atoms with van der Waals surface area (Å²) in [5, 5.41) is 10.0. The molecule has 0 saturated carbocycles. The highest BCUT2D eigenvalue weighted by Gasteiger charge is 2.22. The molecule has 1 nitrogen and oxygen atoms in total. The summed E-state index contributed by atoms with van der Waals surface area (Å²) in [5.41, 5.74) is 10.7. The van der Waals surface area contributed by atoms with Crippen molar-refractivity contribution in [2.75, 3.05) is 4.90 Å². The molecule has 11 aromatic rings. The largest absolute Gasteiger partial charge is 0.309 e. The number of rotatable bonds is 6. The SMILES string of the molecule is c1ccc(-c2c(-c3ccccc3)c3cc(-c4ccccc4N(c4ccc5c(c4)sc4ccccc45)c4cccc5ccccc45)ccc3c3ccccc23)cc1. The summed E-state index contributed by atoms with van der Waals surface area (Å²) >= 11 is 1.86. The van der Waals surface area contributed by atoms with E-state index in [1.165, 1.54) is 85.9 Å². The maximum Gasteiger partial charge on any atom is 0.0540 e. The first-order valence-corrected chi connectivity index (χ1v) is 20.0. The van der Waals surface area contributed by atoms with Crippen molar-refractivity contribution in [3.05, 3.63) is 212 Å². The summed E-state index contributed by atoms with van der Waals surface area (Å²) in [6.07, 6.45) is 0. The number of anilines is 3. The van der Waals surface area contributed by atoms with Gasteiger partial charge in [0.15, 0.2) is 0 Å². The minimum absolute atomic E-state index is 1.13. The van der Waals surface area contributed by atoms with Crippen LogP contribution in [0.4, 0.5) is 17.1 Å². The number of benzene rings is 10. The van der Waals surface area contributed by atoms with E-state index in [9.17, 15) is 0 Å². The number of para-hydroxylation sites is 1. The third-order valence-corrected chi connectivity index (χ3v) is 12.4. The standard InChI is InChI=1S/C54H35NS/c1-3-17-37(18-4-1)53-47-26-10-9-24-43(47)44-32-30-39(34-48(44)54(53)38-19-5-2-6-20-38)42-23-11-13-27-49(42)55(50-28-15-21-36-16-7-8-22-41(36)50)40-31-33-46-45-25-12-14-29-51(45)56-52(46)35-40/h1-35H. The predicted molar refractivity (Wildman–Crippen MR) is 243 cm³/mol. The van der Waals surface area contributed by atoms with Crippen LogP contribution in [0.1, 0.15) is 0 Å². The van der Waals surface area contributed by atoms with E-state index in [4.69, 9.17) is 0 Å². The second-order valence-electron chi connectivity index (χ2n) is 14.4. The second-order valence-corrected chi connectivity index (χ2v) is 15.5. The Kier molecular flexibility index (Phi) is 7.75. The molecular weight excluding hydrogens is 695 g/mol. The summed E-state index contributed by atoms with van der Waals surface area (Å²) in [5.74, 6) is 0. The Morgan fingerprint density at radius 3 is 1.66 bits per heavy atom. The van der Waals surface area contributed by atoms with Gasteiger partial charge in [-0.1, -0.05) is 176 Å². The molecule has 10 aromatic carbocycles. The summed E-state index contributed by atoms with van der Waals surface area (Å²) in [7, 11) is 0. The van der Waals surface area contributed by atoms with Gasteiger partial charge < -0.3 is 4.90 Å². The lowest BCUT2D eigenvalue weighted by Gasteiger charge is -2.29. The first-order chi connectivity index (χ1) is 27.8. The van der Waals surface area contributed by atoms with Crippen molar-refractivity contribution in [1.82, 2.24) is 0 Å². The lowest BCUT2D eigenvalue weighted by molar-refractivity contribution is 1.30. The van der Waals surface area contributed by atoms with Crippen LogP contribution in [0.3, 0.4) is 0 Å². The van der Waals surface area contributed by atoms with E-state index >= 15 is 0 Å². The fourth-order valence-electron chi connectivity index (χ4n) is 8.75. The number of thiophene rings is 1. The quantitative estimate of drug-likeness (QED) is 0.154. The Hall–Kier alpha value is -7.00. The van der Waals surface area contributed by atoms with Gasteiger partial charge in [0.1, 0.15) is 0 Å². The van der Waals surface area contributed by atoms with Crippen LogP contribution in [-0.2, 0) is 0 Å². The molecule has 262 valence electrons. The highest BCUT2D eigenvalue weighted by Crippen LogP contribution is 2.49. The molecule has 0 bridgehead atoms. The van der Waals surface area contributed by atoms with Crippen molar-refractivity contribution in [3.63, 3.8) is 0 Å². The Morgan fingerprint density at radius 2 is 0.857 bits per heavy atom. The van der Waals surface area contributed by atoms with Gasteiger partial charge in [0.05, 0.1) is 11.4 Å². The van der Waals surface area contributed by atoms with Crippen molar-refractivity contribution in [3.8, 4) is 33.4 Å². The number of hydrogen-bond donors (Lipinski definition) is 0. The monoisotopic (exact) mass is 729 g/mol. The van der Waals surface area contributed by atoms with Crippen LogP contribution in [0.5, 0.6) is 0 Å². The van der Waals surface area contributed by atoms with Crippen LogP contribution in [0.25, 0.3) is 85.9 Å². The molecule has 1 aromatic heterocycles. The second kappa shape index (κ2) is 13.4. The molecule has 1 heterocycles. The smallest absolute Gasteiger partial charge is 0.0540 e. The van der Waals surface area contributed by atoms with Gasteiger partial charge in [0.25, 0.3) is 0 Å². The minimum atomic E-state index is 1.13. The molecule has 0 N–H and O–H groups in total. The molecule has 0 amide bonds. The van der Waals surface area contributed by atoms with E-state index in [1.807, 2.05) is 11.3 Å². The predicted octanol–water partition coefficient (Wildman–Crippen LogP) is 16.0. The Balaban J connectivity index is 1.20. The third kappa shape index (κ3) is 5.30. The van der Waals surface area contributed by atoms with Crippen molar-refractivity contribution >= 4 is 80.9 Å². The van der Waals surface area contributed by atoms with E-state index in [0.717, 1.165) is 17.1 Å². The van der Waals surface area contributed by atoms with Crippen LogP contribution >= 0.6 is 11.3 Å². The van der Waals surface area contributed by atoms with E-state index < -0.39 is 0 Å². The lowest BCUT2D eigenvalue weighted by Crippen LogP contribution is -2.11. The Morgan fingerprint density at radius 1 is 0.304 bits per heavy atom. The van der Waals surface area contributed by atoms with Gasteiger partial charge in [-0.2, -0.15) is 0 Å². The topological polar surface area (TPSA) is 3.24 Å². The zero-order valence-electron chi connectivity index (χ0n) is 30.6. The molecule has 0 spiro atoms. The number of fused-ring (bicyclic) bond motifs is 7. The van der Waals surface area contributed by atoms with Crippen LogP contribution in [-0.4, -0.2) is 0 Å². The van der Waals surface area contributed by atoms with Crippen molar-refractivity contribution < 1.29 is 0 Å². The maximum atomic E-state index is 2.47. The van der Waals surface area contributed by atoms with Crippen LogP contribution in [0.2, 0.25) is 0 Å². The van der Waals surface area contributed by atoms with E-state index in [0.29, 0.717) is 0 Å². The van der Waals surface area contributed by atoms with E-state index in [2.05, 4.69) is 217 Å². The Labute approximate surface area is 330 Å². The maximum absolute atomic E-state index is 2.47. The molecule has 0 atom stereocenters. The van der Waals surface area contributed by atoms with Crippen LogP contribution in [0, 0.1) is 0 Å². The van der Waals surface area contributed by atoms with Crippen molar-refractivity contribution in [1.29, 1.82) is 0 Å². The minimum Gasteiger partial charge on any atom is -0.309 e. The molecule has 56 heavy (non-hydrogen) atoms. The molecule has 0 fully saturated rings. The first-order valence-electron chi connectivity index (χ1n) is 19.2. The Bertz CT molecular complexity index is 3250. The molecular formula is C54H35NS. The summed E-state index contributed by atoms with van der Waals surface area (Å²) in [6.45, 7) is 0. The van der Waals surface area contributed by atoms with Gasteiger partial charge in [-0.3, -0.25) is 0 Å². The number of nitrogens with zero attached hydrogens (tertiary/aromatic N) is 1. The van der Waals surface area contributed by atoms with E-state index in [1.54, 1.807) is 0 Å². The fourth-order valence-corrected chi connectivity index (χ4v) is 9.88. The van der Waals surface area contributed by atoms with Crippen molar-refractivity contribution in [2.24, 2.45) is 0 Å². The average molecular weight is 730 g/mol. The van der Waals surface area contributed by atoms with Gasteiger partial charge in [-0.25, -0.2) is 0 Å². The fraction of sp³-hybridized carbons (Fsp3) is 0. The molecule has 0 aliphatic carbocycles. The zero-order valence-corrected chi connectivity index (χ0v) is 31.4. The van der Waals surface area contributed by atoms with Gasteiger partial charge in [0.2, 0.25) is 0 Å². The zero-order chi connectivity index (χ0) is 37.0. The van der Waals surface area contributed by atoms with Gasteiger partial charge in [0, 0.05) is 36.8 Å². The normalized spacial score (nSPS) is 11.6. The average Bonchev–Trinajstić information content (AvgIpc) is 3.65. The molecule has 0 radical (unpaired) electrons. The summed E-state index contributed by atoms with van der Waals surface area (Å²) in [6, 6.07) is 77.8. The molecule has 2 heteroatoms. The molecule has 0 aliphatic heterocycles. The summed E-state index contributed by atoms with van der Waals surface area (Å²) < 4.78 is 2.59. The van der Waals surface area contributed by atoms with Gasteiger partial charge in [-0.15, -0.1) is 11.3 Å². The highest BCUT2D eigenvalue weighted by molar-refractivity contribution is 7.25. The van der Waals surface area contributed by atoms with Gasteiger partial charge in [-0.05, 0) is 91.1 Å². The molecule has 11 rings (SSSR count). The first kappa shape index (κ1) is 32.4. The van der Waals surface area contributed by atoms with Crippen LogP contribution in [0.15, 0.2) is 212 Å². The van der Waals surface area contributed by atoms with E-state index in [-0.39, 0.29) is 0 Å². The highest BCUT2D eigenvalue weighted by atomic mass is 32.1. The molecule has 0 aliphatic rings. The third-order valence-electron chi connectivity index (χ3n) is 11.2. The molecule has 0 unspecified atom stereocenters. The molecule has 0 saturated heterocycles. The van der Waals surface area contributed by atoms with Crippen molar-refractivity contribution in [2.45, 2.75) is 0 Å². The van der Waals surface area contributed by atoms with Gasteiger partial charge >= 0.3 is 0 Å². The summed E-state index contributed by atoms with van der Waals surface area (Å²) in [4.78, 5) is 2.47. The number of hydrogen-bond acceptors (Lipinski definition) is 2. The lowest BCUT2D eigenvalue weighted by atomic mass is 9.84. The van der Waals surface area contributed by atoms with Crippen LogP contribution < -0.4 is 4.90 Å².